The lowest BCUT2D eigenvalue weighted by Gasteiger charge is -2.39. The smallest absolute Gasteiger partial charge is 0.380 e. The van der Waals surface area contributed by atoms with Crippen molar-refractivity contribution in [1.29, 1.82) is 0 Å². The topological polar surface area (TPSA) is 79.0 Å². The molecule has 38 heavy (non-hydrogen) atoms. The number of carbonyl (C=O) groups is 1. The van der Waals surface area contributed by atoms with Crippen LogP contribution in [0.25, 0.3) is 0 Å². The van der Waals surface area contributed by atoms with E-state index in [-0.39, 0.29) is 24.1 Å². The van der Waals surface area contributed by atoms with Gasteiger partial charge in [-0.2, -0.15) is 13.2 Å². The van der Waals surface area contributed by atoms with E-state index < -0.39 is 26.3 Å². The van der Waals surface area contributed by atoms with Crippen LogP contribution in [-0.2, 0) is 19.4 Å². The Morgan fingerprint density at radius 2 is 1.79 bits per heavy atom. The molecule has 1 saturated heterocycles. The molecule has 1 heterocycles. The van der Waals surface area contributed by atoms with Crippen LogP contribution >= 0.6 is 11.8 Å². The molecule has 1 amide bonds. The van der Waals surface area contributed by atoms with E-state index in [0.717, 1.165) is 24.1 Å². The third-order valence-corrected chi connectivity index (χ3v) is 9.09. The lowest BCUT2D eigenvalue weighted by Crippen LogP contribution is -2.54. The molecule has 2 atom stereocenters. The van der Waals surface area contributed by atoms with Crippen LogP contribution in [0, 0.1) is 0 Å². The van der Waals surface area contributed by atoms with Crippen molar-refractivity contribution in [3.8, 4) is 0 Å². The zero-order valence-corrected chi connectivity index (χ0v) is 23.1. The van der Waals surface area contributed by atoms with Crippen molar-refractivity contribution in [3.05, 3.63) is 54.6 Å². The number of nitrogens with one attached hydrogen (secondary N) is 1. The number of amides is 1. The van der Waals surface area contributed by atoms with Crippen molar-refractivity contribution in [2.24, 2.45) is 0 Å². The summed E-state index contributed by atoms with van der Waals surface area (Å²) in [4.78, 5) is 17.6. The van der Waals surface area contributed by atoms with E-state index in [1.165, 1.54) is 30.0 Å². The molecule has 0 spiro atoms. The van der Waals surface area contributed by atoms with Gasteiger partial charge in [-0.1, -0.05) is 44.2 Å². The lowest BCUT2D eigenvalue weighted by molar-refractivity contribution is -0.140. The quantitative estimate of drug-likeness (QED) is 0.375. The van der Waals surface area contributed by atoms with E-state index in [1.54, 1.807) is 4.90 Å². The molecule has 3 rings (SSSR count). The number of anilines is 1. The summed E-state index contributed by atoms with van der Waals surface area (Å²) in [6.07, 6.45) is -0.0189. The van der Waals surface area contributed by atoms with Gasteiger partial charge in [-0.3, -0.25) is 4.79 Å². The molecular weight excluding hydrogens is 539 g/mol. The van der Waals surface area contributed by atoms with Gasteiger partial charge in [0, 0.05) is 36.2 Å². The molecule has 7 nitrogen and oxygen atoms in total. The van der Waals surface area contributed by atoms with Crippen LogP contribution in [0.4, 0.5) is 18.9 Å². The molecule has 0 aromatic heterocycles. The Balaban J connectivity index is 1.85. The molecule has 1 fully saturated rings. The molecule has 12 heteroatoms. The number of nitrogens with zero attached hydrogens (tertiary/aromatic N) is 2. The Morgan fingerprint density at radius 3 is 2.45 bits per heavy atom. The number of sulfone groups is 1. The van der Waals surface area contributed by atoms with Gasteiger partial charge in [0.05, 0.1) is 29.8 Å². The van der Waals surface area contributed by atoms with Crippen molar-refractivity contribution in [2.45, 2.75) is 47.7 Å². The summed E-state index contributed by atoms with van der Waals surface area (Å²) in [5, 5.41) is 2.95. The van der Waals surface area contributed by atoms with E-state index in [4.69, 9.17) is 4.74 Å². The minimum Gasteiger partial charge on any atom is -0.380 e. The molecule has 0 unspecified atom stereocenters. The second kappa shape index (κ2) is 13.7. The van der Waals surface area contributed by atoms with Gasteiger partial charge in [0.15, 0.2) is 0 Å². The summed E-state index contributed by atoms with van der Waals surface area (Å²) in [5.41, 5.74) is -5.63. The number of benzene rings is 2. The Morgan fingerprint density at radius 1 is 1.13 bits per heavy atom. The Kier molecular flexibility index (Phi) is 10.9. The average Bonchev–Trinajstić information content (AvgIpc) is 2.90. The van der Waals surface area contributed by atoms with Crippen LogP contribution in [0.1, 0.15) is 20.3 Å². The monoisotopic (exact) mass is 573 g/mol. The number of alkyl halides is 3. The third kappa shape index (κ3) is 7.87. The van der Waals surface area contributed by atoms with Gasteiger partial charge in [-0.05, 0) is 37.4 Å². The predicted octanol–water partition coefficient (Wildman–Crippen LogP) is 4.51. The first kappa shape index (κ1) is 30.3. The van der Waals surface area contributed by atoms with Crippen LogP contribution in [0.3, 0.4) is 0 Å². The van der Waals surface area contributed by atoms with Crippen molar-refractivity contribution in [1.82, 2.24) is 9.80 Å². The summed E-state index contributed by atoms with van der Waals surface area (Å²) in [6.45, 7) is 7.65. The number of morpholine rings is 1. The van der Waals surface area contributed by atoms with Crippen LogP contribution in [0.5, 0.6) is 0 Å². The number of para-hydroxylation sites is 1. The number of rotatable bonds is 12. The summed E-state index contributed by atoms with van der Waals surface area (Å²) >= 11 is 1.44. The molecule has 1 aliphatic rings. The zero-order valence-electron chi connectivity index (χ0n) is 21.5. The number of ether oxygens (including phenoxy) is 1. The number of likely N-dealkylation sites (N-methyl/N-ethyl adjacent to an activating group) is 1. The summed E-state index contributed by atoms with van der Waals surface area (Å²) in [7, 11) is -5.58. The van der Waals surface area contributed by atoms with Crippen molar-refractivity contribution in [3.63, 3.8) is 0 Å². The van der Waals surface area contributed by atoms with Gasteiger partial charge in [0.1, 0.15) is 0 Å². The highest BCUT2D eigenvalue weighted by Crippen LogP contribution is 2.35. The summed E-state index contributed by atoms with van der Waals surface area (Å²) in [5.74, 6) is 0.175. The molecule has 2 aromatic rings. The summed E-state index contributed by atoms with van der Waals surface area (Å²) < 4.78 is 70.2. The molecule has 0 aliphatic carbocycles. The summed E-state index contributed by atoms with van der Waals surface area (Å²) in [6, 6.07) is 13.6. The highest BCUT2D eigenvalue weighted by molar-refractivity contribution is 7.99. The number of carbonyl (C=O) groups excluding carboxylic acids is 1. The molecule has 2 aromatic carbocycles. The molecule has 1 N–H and O–H groups in total. The standard InChI is InChI=1S/C26H34F3N3O4S2/c1-3-31(4-2)17-21-18-36-15-14-32(21)25(33)16-20(19-37-22-10-6-5-7-11-22)30-23-12-8-9-13-24(23)38(34,35)26(27,28)29/h5-13,20-21,30H,3-4,14-19H2,1-2H3/t20-,21-/m1/s1. The fourth-order valence-corrected chi connectivity index (χ4v) is 6.14. The van der Waals surface area contributed by atoms with E-state index in [2.05, 4.69) is 10.2 Å². The first-order valence-electron chi connectivity index (χ1n) is 12.5. The maximum Gasteiger partial charge on any atom is 0.501 e. The van der Waals surface area contributed by atoms with E-state index >= 15 is 0 Å². The van der Waals surface area contributed by atoms with Gasteiger partial charge in [0.25, 0.3) is 9.84 Å². The number of thioether (sulfide) groups is 1. The van der Waals surface area contributed by atoms with Crippen LogP contribution in [0.15, 0.2) is 64.4 Å². The van der Waals surface area contributed by atoms with Crippen molar-refractivity contribution >= 4 is 33.2 Å². The average molecular weight is 574 g/mol. The molecule has 0 saturated carbocycles. The molecule has 1 aliphatic heterocycles. The number of halogens is 3. The second-order valence-corrected chi connectivity index (χ2v) is 11.9. The molecule has 0 bridgehead atoms. The predicted molar refractivity (Wildman–Crippen MR) is 143 cm³/mol. The fourth-order valence-electron chi connectivity index (χ4n) is 4.27. The molecule has 0 radical (unpaired) electrons. The van der Waals surface area contributed by atoms with Gasteiger partial charge < -0.3 is 19.9 Å². The van der Waals surface area contributed by atoms with Gasteiger partial charge in [0.2, 0.25) is 5.91 Å². The highest BCUT2D eigenvalue weighted by atomic mass is 32.2. The Hall–Kier alpha value is -2.28. The highest BCUT2D eigenvalue weighted by Gasteiger charge is 2.48. The van der Waals surface area contributed by atoms with Crippen LogP contribution < -0.4 is 5.32 Å². The van der Waals surface area contributed by atoms with Crippen molar-refractivity contribution < 1.29 is 31.1 Å². The Labute approximate surface area is 226 Å². The number of hydrogen-bond acceptors (Lipinski definition) is 7. The SMILES string of the molecule is CCN(CC)C[C@@H]1COCCN1C(=O)C[C@H](CSc1ccccc1)Nc1ccccc1S(=O)(=O)C(F)(F)F. The lowest BCUT2D eigenvalue weighted by atomic mass is 10.1. The van der Waals surface area contributed by atoms with Gasteiger partial charge in [-0.25, -0.2) is 8.42 Å². The third-order valence-electron chi connectivity index (χ3n) is 6.37. The second-order valence-electron chi connectivity index (χ2n) is 8.92. The zero-order chi connectivity index (χ0) is 27.8. The van der Waals surface area contributed by atoms with Gasteiger partial charge >= 0.3 is 5.51 Å². The number of hydrogen-bond donors (Lipinski definition) is 1. The largest absolute Gasteiger partial charge is 0.501 e. The first-order valence-corrected chi connectivity index (χ1v) is 15.0. The minimum atomic E-state index is -5.58. The molecule has 210 valence electrons. The maximum absolute atomic E-state index is 13.5. The van der Waals surface area contributed by atoms with E-state index in [1.807, 2.05) is 44.2 Å². The van der Waals surface area contributed by atoms with E-state index in [9.17, 15) is 26.4 Å². The fraction of sp³-hybridized carbons (Fsp3) is 0.500. The maximum atomic E-state index is 13.5. The molecular formula is C26H34F3N3O4S2. The van der Waals surface area contributed by atoms with Gasteiger partial charge in [-0.15, -0.1) is 11.8 Å². The van der Waals surface area contributed by atoms with E-state index in [0.29, 0.717) is 32.1 Å². The van der Waals surface area contributed by atoms with Crippen LogP contribution in [-0.4, -0.2) is 86.9 Å². The minimum absolute atomic E-state index is 0.0189. The Bertz CT molecular complexity index is 1150. The first-order chi connectivity index (χ1) is 18.1. The normalized spacial score (nSPS) is 17.4. The van der Waals surface area contributed by atoms with Crippen molar-refractivity contribution in [2.75, 3.05) is 50.5 Å². The van der Waals surface area contributed by atoms with Crippen LogP contribution in [0.2, 0.25) is 0 Å².